The van der Waals surface area contributed by atoms with E-state index in [9.17, 15) is 24.6 Å². The van der Waals surface area contributed by atoms with Crippen molar-refractivity contribution in [3.63, 3.8) is 0 Å². The zero-order valence-corrected chi connectivity index (χ0v) is 30.4. The smallest absolute Gasteiger partial charge is 0.435 e. The number of ether oxygens (including phenoxy) is 5. The SMILES string of the molecule is COc1cc(OCCO)c(F)c(C(Nc2ccc(C(N)=NC(=O)OCC(C)(C)C)cc2)c2nc(OCOC(=O)C(C)(C)C(=O)O)n(-c3ncccn3)n2)c1. The van der Waals surface area contributed by atoms with Crippen LogP contribution in [0.4, 0.5) is 14.9 Å². The number of nitrogens with one attached hydrogen (secondary N) is 1. The molecule has 18 nitrogen and oxygen atoms in total. The van der Waals surface area contributed by atoms with Gasteiger partial charge in [0, 0.05) is 35.3 Å². The van der Waals surface area contributed by atoms with Gasteiger partial charge in [0.15, 0.2) is 22.8 Å². The van der Waals surface area contributed by atoms with Crippen LogP contribution >= 0.6 is 0 Å². The topological polar surface area (TPSA) is 245 Å². The number of aliphatic hydroxyl groups is 1. The van der Waals surface area contributed by atoms with E-state index < -0.39 is 48.7 Å². The highest BCUT2D eigenvalue weighted by Crippen LogP contribution is 2.36. The number of carboxylic acid groups (broad SMARTS) is 1. The molecule has 2 heterocycles. The van der Waals surface area contributed by atoms with Crippen LogP contribution in [-0.2, 0) is 19.1 Å². The molecule has 0 aliphatic carbocycles. The number of aliphatic imine (C=N–C) groups is 1. The van der Waals surface area contributed by atoms with Crippen molar-refractivity contribution in [2.75, 3.05) is 39.0 Å². The van der Waals surface area contributed by atoms with Crippen LogP contribution in [0.25, 0.3) is 5.95 Å². The number of amidine groups is 1. The first kappa shape index (κ1) is 40.4. The molecule has 5 N–H and O–H groups in total. The molecule has 4 aromatic rings. The summed E-state index contributed by atoms with van der Waals surface area (Å²) in [6.07, 6.45) is 2.00. The second-order valence-corrected chi connectivity index (χ2v) is 13.2. The number of aliphatic hydroxyl groups excluding tert-OH is 1. The Labute approximate surface area is 309 Å². The average molecular weight is 753 g/mol. The van der Waals surface area contributed by atoms with Crippen molar-refractivity contribution in [2.45, 2.75) is 40.7 Å². The highest BCUT2D eigenvalue weighted by molar-refractivity contribution is 6.03. The molecule has 2 aromatic carbocycles. The minimum absolute atomic E-state index is 0.0274. The number of rotatable bonds is 16. The Morgan fingerprint density at radius 2 is 1.72 bits per heavy atom. The van der Waals surface area contributed by atoms with Crippen molar-refractivity contribution in [2.24, 2.45) is 21.6 Å². The maximum absolute atomic E-state index is 16.3. The maximum atomic E-state index is 16.3. The summed E-state index contributed by atoms with van der Waals surface area (Å²) in [6, 6.07) is 9.02. The van der Waals surface area contributed by atoms with Crippen molar-refractivity contribution in [3.8, 4) is 23.5 Å². The summed E-state index contributed by atoms with van der Waals surface area (Å²) >= 11 is 0. The Morgan fingerprint density at radius 1 is 1.04 bits per heavy atom. The number of benzene rings is 2. The number of halogens is 1. The predicted molar refractivity (Wildman–Crippen MR) is 189 cm³/mol. The van der Waals surface area contributed by atoms with Crippen molar-refractivity contribution < 1.29 is 52.7 Å². The zero-order valence-electron chi connectivity index (χ0n) is 30.4. The van der Waals surface area contributed by atoms with Crippen LogP contribution in [0.15, 0.2) is 59.9 Å². The van der Waals surface area contributed by atoms with Gasteiger partial charge in [-0.15, -0.1) is 9.78 Å². The summed E-state index contributed by atoms with van der Waals surface area (Å²) in [6.45, 7) is 6.80. The number of anilines is 1. The first-order valence-electron chi connectivity index (χ1n) is 16.3. The number of hydrogen-bond donors (Lipinski definition) is 4. The number of methoxy groups -OCH3 is 1. The number of carbonyl (C=O) groups is 3. The molecule has 0 bridgehead atoms. The summed E-state index contributed by atoms with van der Waals surface area (Å²) in [5, 5.41) is 26.4. The fraction of sp³-hybridized carbons (Fsp3) is 0.371. The van der Waals surface area contributed by atoms with Crippen LogP contribution in [0.1, 0.15) is 57.6 Å². The summed E-state index contributed by atoms with van der Waals surface area (Å²) < 4.78 is 44.1. The molecule has 2 aromatic heterocycles. The van der Waals surface area contributed by atoms with Gasteiger partial charge in [-0.1, -0.05) is 20.8 Å². The molecule has 19 heteroatoms. The van der Waals surface area contributed by atoms with E-state index in [0.717, 1.165) is 4.68 Å². The van der Waals surface area contributed by atoms with E-state index >= 15 is 4.39 Å². The third kappa shape index (κ3) is 10.4. The summed E-state index contributed by atoms with van der Waals surface area (Å²) in [5.41, 5.74) is 4.64. The highest BCUT2D eigenvalue weighted by Gasteiger charge is 2.38. The Kier molecular flexibility index (Phi) is 13.0. The molecule has 0 aliphatic rings. The van der Waals surface area contributed by atoms with E-state index in [1.165, 1.54) is 45.5 Å². The van der Waals surface area contributed by atoms with E-state index in [0.29, 0.717) is 11.3 Å². The van der Waals surface area contributed by atoms with Gasteiger partial charge in [0.1, 0.15) is 24.2 Å². The molecule has 0 saturated heterocycles. The van der Waals surface area contributed by atoms with Crippen LogP contribution in [0.5, 0.6) is 17.5 Å². The monoisotopic (exact) mass is 752 g/mol. The number of carbonyl (C=O) groups excluding carboxylic acids is 2. The van der Waals surface area contributed by atoms with Crippen molar-refractivity contribution in [1.82, 2.24) is 24.7 Å². The van der Waals surface area contributed by atoms with Crippen molar-refractivity contribution in [1.29, 1.82) is 0 Å². The van der Waals surface area contributed by atoms with E-state index in [1.807, 2.05) is 20.8 Å². The molecule has 54 heavy (non-hydrogen) atoms. The zero-order chi connectivity index (χ0) is 39.6. The van der Waals surface area contributed by atoms with Gasteiger partial charge in [-0.3, -0.25) is 9.59 Å². The Hall–Kier alpha value is -6.37. The molecule has 1 amide bonds. The lowest BCUT2D eigenvalue weighted by Crippen LogP contribution is -2.35. The molecule has 1 unspecified atom stereocenters. The minimum atomic E-state index is -1.87. The van der Waals surface area contributed by atoms with Crippen LogP contribution < -0.4 is 25.3 Å². The van der Waals surface area contributed by atoms with E-state index in [1.54, 1.807) is 30.3 Å². The number of aliphatic carboxylic acids is 1. The number of nitrogens with two attached hydrogens (primary N) is 1. The van der Waals surface area contributed by atoms with Gasteiger partial charge >= 0.3 is 24.0 Å². The van der Waals surface area contributed by atoms with Gasteiger partial charge in [-0.2, -0.15) is 9.98 Å². The summed E-state index contributed by atoms with van der Waals surface area (Å²) in [5.74, 6) is -3.61. The van der Waals surface area contributed by atoms with Crippen LogP contribution in [-0.4, -0.2) is 92.5 Å². The second-order valence-electron chi connectivity index (χ2n) is 13.2. The van der Waals surface area contributed by atoms with Gasteiger partial charge in [0.05, 0.1) is 20.3 Å². The third-order valence-electron chi connectivity index (χ3n) is 7.29. The number of aromatic nitrogens is 5. The lowest BCUT2D eigenvalue weighted by Gasteiger charge is -2.21. The Balaban J connectivity index is 1.76. The standard InChI is InChI=1S/C35H41FN8O10/c1-34(2,3)18-52-33(49)41-27(37)20-8-10-21(11-9-20)40-26(23-16-22(50-6)17-24(25(23)36)51-15-14-45)28-42-32(44(43-28)31-38-12-7-13-39-31)54-19-53-30(48)35(4,5)29(46)47/h7-13,16-17,26,40,45H,14-15,18-19H2,1-6H3,(H,46,47)(H2,37,41,49). The summed E-state index contributed by atoms with van der Waals surface area (Å²) in [4.78, 5) is 52.8. The fourth-order valence-electron chi connectivity index (χ4n) is 4.30. The second kappa shape index (κ2) is 17.4. The number of amides is 1. The van der Waals surface area contributed by atoms with Gasteiger partial charge in [0.25, 0.3) is 5.95 Å². The molecule has 4 rings (SSSR count). The largest absolute Gasteiger partial charge is 0.497 e. The van der Waals surface area contributed by atoms with E-state index in [4.69, 9.17) is 29.4 Å². The van der Waals surface area contributed by atoms with Crippen LogP contribution in [0.3, 0.4) is 0 Å². The summed E-state index contributed by atoms with van der Waals surface area (Å²) in [7, 11) is 1.37. The molecule has 0 radical (unpaired) electrons. The lowest BCUT2D eigenvalue weighted by atomic mass is 9.94. The Morgan fingerprint density at radius 3 is 2.33 bits per heavy atom. The number of esters is 1. The molecule has 0 fully saturated rings. The first-order valence-corrected chi connectivity index (χ1v) is 16.3. The first-order chi connectivity index (χ1) is 25.5. The van der Waals surface area contributed by atoms with E-state index in [-0.39, 0.29) is 59.3 Å². The fourth-order valence-corrected chi connectivity index (χ4v) is 4.30. The average Bonchev–Trinajstić information content (AvgIpc) is 3.56. The number of hydrogen-bond acceptors (Lipinski definition) is 14. The predicted octanol–water partition coefficient (Wildman–Crippen LogP) is 3.66. The lowest BCUT2D eigenvalue weighted by molar-refractivity contribution is -0.170. The molecule has 1 atom stereocenters. The number of carboxylic acids is 1. The van der Waals surface area contributed by atoms with Crippen LogP contribution in [0.2, 0.25) is 0 Å². The molecular formula is C35H41FN8O10. The van der Waals surface area contributed by atoms with Gasteiger partial charge in [0.2, 0.25) is 6.79 Å². The van der Waals surface area contributed by atoms with Crippen molar-refractivity contribution in [3.05, 3.63) is 77.6 Å². The number of nitrogens with zero attached hydrogens (tertiary/aromatic N) is 6. The molecule has 0 aliphatic heterocycles. The normalized spacial score (nSPS) is 12.4. The van der Waals surface area contributed by atoms with Gasteiger partial charge < -0.3 is 44.9 Å². The minimum Gasteiger partial charge on any atom is -0.497 e. The highest BCUT2D eigenvalue weighted by atomic mass is 19.1. The third-order valence-corrected chi connectivity index (χ3v) is 7.29. The van der Waals surface area contributed by atoms with Gasteiger partial charge in [-0.25, -0.2) is 19.2 Å². The molecule has 288 valence electrons. The van der Waals surface area contributed by atoms with Crippen LogP contribution in [0, 0.1) is 16.6 Å². The van der Waals surface area contributed by atoms with Gasteiger partial charge in [-0.05, 0) is 55.7 Å². The quantitative estimate of drug-likeness (QED) is 0.0419. The maximum Gasteiger partial charge on any atom is 0.435 e. The molecule has 0 spiro atoms. The molecular weight excluding hydrogens is 711 g/mol. The van der Waals surface area contributed by atoms with Crippen molar-refractivity contribution >= 4 is 29.6 Å². The Bertz CT molecular complexity index is 1960. The molecule has 0 saturated carbocycles. The van der Waals surface area contributed by atoms with E-state index in [2.05, 4.69) is 30.4 Å².